The number of aromatic nitrogens is 1. The van der Waals surface area contributed by atoms with Gasteiger partial charge in [0.15, 0.2) is 0 Å². The van der Waals surface area contributed by atoms with Gasteiger partial charge in [-0.05, 0) is 35.2 Å². The molecule has 0 bridgehead atoms. The Labute approximate surface area is 147 Å². The number of allylic oxidation sites excluding steroid dienone is 1. The Bertz CT molecular complexity index is 1050. The third-order valence-corrected chi connectivity index (χ3v) is 5.85. The van der Waals surface area contributed by atoms with E-state index in [9.17, 15) is 8.42 Å². The molecule has 3 aromatic rings. The first-order valence-corrected chi connectivity index (χ1v) is 9.39. The number of para-hydroxylation sites is 1. The number of fused-ring (bicyclic) bond motifs is 1. The zero-order valence-corrected chi connectivity index (χ0v) is 14.8. The molecule has 0 radical (unpaired) electrons. The molecule has 0 saturated carbocycles. The first-order chi connectivity index (χ1) is 11.8. The van der Waals surface area contributed by atoms with E-state index < -0.39 is 9.84 Å². The standard InChI is InChI=1S/C20H18N2O2S/c1-20(2,19-14-15-6-3-4-7-18(15)22-19)16-8-10-17(11-9-16)25(23,24)13-5-12-21/h3-11,13-14,22H,1-2H3/b13-5+. The summed E-state index contributed by atoms with van der Waals surface area (Å²) in [5.41, 5.74) is 2.84. The lowest BCUT2D eigenvalue weighted by Gasteiger charge is -2.24. The molecule has 0 unspecified atom stereocenters. The Morgan fingerprint density at radius 3 is 2.40 bits per heavy atom. The number of hydrogen-bond donors (Lipinski definition) is 1. The molecule has 0 atom stereocenters. The minimum atomic E-state index is -3.58. The van der Waals surface area contributed by atoms with Gasteiger partial charge >= 0.3 is 0 Å². The molecular weight excluding hydrogens is 332 g/mol. The summed E-state index contributed by atoms with van der Waals surface area (Å²) in [5.74, 6) is 0. The van der Waals surface area contributed by atoms with Crippen molar-refractivity contribution >= 4 is 20.7 Å². The molecule has 0 aliphatic heterocycles. The minimum Gasteiger partial charge on any atom is -0.358 e. The molecule has 0 spiro atoms. The van der Waals surface area contributed by atoms with E-state index in [0.29, 0.717) is 0 Å². The second-order valence-corrected chi connectivity index (χ2v) is 8.23. The topological polar surface area (TPSA) is 73.7 Å². The van der Waals surface area contributed by atoms with E-state index in [1.165, 1.54) is 0 Å². The number of H-pyrrole nitrogens is 1. The maximum absolute atomic E-state index is 12.1. The van der Waals surface area contributed by atoms with Gasteiger partial charge in [-0.25, -0.2) is 8.42 Å². The minimum absolute atomic E-state index is 0.176. The van der Waals surface area contributed by atoms with Gasteiger partial charge in [-0.3, -0.25) is 0 Å². The van der Waals surface area contributed by atoms with Crippen LogP contribution in [0.1, 0.15) is 25.1 Å². The number of nitrogens with zero attached hydrogens (tertiary/aromatic N) is 1. The molecule has 1 heterocycles. The predicted octanol–water partition coefficient (Wildman–Crippen LogP) is 4.30. The van der Waals surface area contributed by atoms with Crippen molar-refractivity contribution < 1.29 is 8.42 Å². The van der Waals surface area contributed by atoms with Gasteiger partial charge in [0.1, 0.15) is 0 Å². The third-order valence-electron chi connectivity index (χ3n) is 4.43. The van der Waals surface area contributed by atoms with Crippen molar-refractivity contribution in [2.24, 2.45) is 0 Å². The Morgan fingerprint density at radius 1 is 1.08 bits per heavy atom. The molecule has 25 heavy (non-hydrogen) atoms. The van der Waals surface area contributed by atoms with Crippen LogP contribution in [0, 0.1) is 11.3 Å². The van der Waals surface area contributed by atoms with Crippen LogP contribution < -0.4 is 0 Å². The van der Waals surface area contributed by atoms with Crippen LogP contribution in [0.3, 0.4) is 0 Å². The lowest BCUT2D eigenvalue weighted by atomic mass is 9.81. The molecule has 0 saturated heterocycles. The predicted molar refractivity (Wildman–Crippen MR) is 98.8 cm³/mol. The van der Waals surface area contributed by atoms with E-state index in [4.69, 9.17) is 5.26 Å². The molecule has 0 fully saturated rings. The molecule has 0 aliphatic rings. The summed E-state index contributed by atoms with van der Waals surface area (Å²) in [4.78, 5) is 3.62. The summed E-state index contributed by atoms with van der Waals surface area (Å²) < 4.78 is 24.2. The Balaban J connectivity index is 1.98. The van der Waals surface area contributed by atoms with Gasteiger partial charge in [0, 0.05) is 28.1 Å². The van der Waals surface area contributed by atoms with Crippen molar-refractivity contribution in [3.8, 4) is 6.07 Å². The first-order valence-electron chi connectivity index (χ1n) is 7.84. The zero-order chi connectivity index (χ0) is 18.1. The second kappa shape index (κ2) is 6.23. The largest absolute Gasteiger partial charge is 0.358 e. The van der Waals surface area contributed by atoms with Crippen LogP contribution in [0.15, 0.2) is 71.0 Å². The highest BCUT2D eigenvalue weighted by Crippen LogP contribution is 2.33. The van der Waals surface area contributed by atoms with E-state index in [-0.39, 0.29) is 10.3 Å². The summed E-state index contributed by atoms with van der Waals surface area (Å²) in [7, 11) is -3.58. The molecule has 5 heteroatoms. The monoisotopic (exact) mass is 350 g/mol. The molecule has 3 rings (SSSR count). The fraction of sp³-hybridized carbons (Fsp3) is 0.150. The lowest BCUT2D eigenvalue weighted by molar-refractivity contribution is 0.603. The van der Waals surface area contributed by atoms with Crippen LogP contribution in [0.25, 0.3) is 10.9 Å². The molecule has 4 nitrogen and oxygen atoms in total. The number of nitrogens with one attached hydrogen (secondary N) is 1. The van der Waals surface area contributed by atoms with Gasteiger partial charge in [0.2, 0.25) is 9.84 Å². The van der Waals surface area contributed by atoms with Gasteiger partial charge in [0.05, 0.1) is 11.0 Å². The maximum Gasteiger partial charge on any atom is 0.200 e. The molecule has 1 aromatic heterocycles. The first kappa shape index (κ1) is 17.0. The molecule has 1 N–H and O–H groups in total. The Kier molecular flexibility index (Phi) is 4.23. The fourth-order valence-electron chi connectivity index (χ4n) is 2.83. The number of hydrogen-bond acceptors (Lipinski definition) is 3. The summed E-state index contributed by atoms with van der Waals surface area (Å²) in [5, 5.41) is 10.6. The quantitative estimate of drug-likeness (QED) is 0.713. The lowest BCUT2D eigenvalue weighted by Crippen LogP contribution is -2.19. The van der Waals surface area contributed by atoms with Crippen molar-refractivity contribution in [3.05, 3.63) is 77.3 Å². The Hall–Kier alpha value is -2.84. The van der Waals surface area contributed by atoms with Gasteiger partial charge in [-0.15, -0.1) is 0 Å². The van der Waals surface area contributed by atoms with Crippen LogP contribution in [0.2, 0.25) is 0 Å². The van der Waals surface area contributed by atoms with Crippen molar-refractivity contribution in [2.45, 2.75) is 24.2 Å². The molecular formula is C20H18N2O2S. The van der Waals surface area contributed by atoms with E-state index >= 15 is 0 Å². The average molecular weight is 350 g/mol. The summed E-state index contributed by atoms with van der Waals surface area (Å²) >= 11 is 0. The van der Waals surface area contributed by atoms with Gasteiger partial charge in [-0.2, -0.15) is 5.26 Å². The van der Waals surface area contributed by atoms with Crippen molar-refractivity contribution in [2.75, 3.05) is 0 Å². The molecule has 0 aliphatic carbocycles. The van der Waals surface area contributed by atoms with Crippen molar-refractivity contribution in [1.29, 1.82) is 5.26 Å². The second-order valence-electron chi connectivity index (χ2n) is 6.40. The zero-order valence-electron chi connectivity index (χ0n) is 14.0. The molecule has 2 aromatic carbocycles. The normalized spacial score (nSPS) is 12.5. The number of rotatable bonds is 4. The summed E-state index contributed by atoms with van der Waals surface area (Å²) in [6.07, 6.45) is 0.970. The number of aromatic amines is 1. The smallest absolute Gasteiger partial charge is 0.200 e. The highest BCUT2D eigenvalue weighted by atomic mass is 32.2. The van der Waals surface area contributed by atoms with Gasteiger partial charge < -0.3 is 4.98 Å². The number of benzene rings is 2. The van der Waals surface area contributed by atoms with Gasteiger partial charge in [-0.1, -0.05) is 44.2 Å². The molecule has 126 valence electrons. The van der Waals surface area contributed by atoms with E-state index in [1.807, 2.05) is 30.3 Å². The van der Waals surface area contributed by atoms with Crippen LogP contribution in [-0.2, 0) is 15.3 Å². The van der Waals surface area contributed by atoms with Gasteiger partial charge in [0.25, 0.3) is 0 Å². The fourth-order valence-corrected chi connectivity index (χ4v) is 3.74. The number of nitriles is 1. The SMILES string of the molecule is CC(C)(c1ccc(S(=O)(=O)/C=C/C#N)cc1)c1cc2ccccc2[nH]1. The Morgan fingerprint density at radius 2 is 1.76 bits per heavy atom. The number of sulfone groups is 1. The third kappa shape index (κ3) is 3.21. The van der Waals surface area contributed by atoms with E-state index in [0.717, 1.165) is 33.6 Å². The summed E-state index contributed by atoms with van der Waals surface area (Å²) in [6, 6.07) is 18.7. The van der Waals surface area contributed by atoms with Crippen LogP contribution >= 0.6 is 0 Å². The highest BCUT2D eigenvalue weighted by Gasteiger charge is 2.25. The summed E-state index contributed by atoms with van der Waals surface area (Å²) in [6.45, 7) is 4.19. The van der Waals surface area contributed by atoms with Crippen molar-refractivity contribution in [1.82, 2.24) is 4.98 Å². The maximum atomic E-state index is 12.1. The molecule has 0 amide bonds. The highest BCUT2D eigenvalue weighted by molar-refractivity contribution is 7.94. The van der Waals surface area contributed by atoms with Crippen LogP contribution in [-0.4, -0.2) is 13.4 Å². The van der Waals surface area contributed by atoms with E-state index in [2.05, 4.69) is 31.0 Å². The van der Waals surface area contributed by atoms with Crippen LogP contribution in [0.4, 0.5) is 0 Å². The van der Waals surface area contributed by atoms with Crippen molar-refractivity contribution in [3.63, 3.8) is 0 Å². The van der Waals surface area contributed by atoms with E-state index in [1.54, 1.807) is 18.2 Å². The van der Waals surface area contributed by atoms with Crippen LogP contribution in [0.5, 0.6) is 0 Å². The average Bonchev–Trinajstić information content (AvgIpc) is 3.05.